The van der Waals surface area contributed by atoms with Crippen molar-refractivity contribution >= 4 is 34.9 Å². The summed E-state index contributed by atoms with van der Waals surface area (Å²) < 4.78 is 8.17. The van der Waals surface area contributed by atoms with Gasteiger partial charge in [-0.25, -0.2) is 9.97 Å². The highest BCUT2D eigenvalue weighted by Crippen LogP contribution is 2.40. The molecule has 13 nitrogen and oxygen atoms in total. The van der Waals surface area contributed by atoms with Crippen LogP contribution in [0.3, 0.4) is 0 Å². The van der Waals surface area contributed by atoms with E-state index in [0.29, 0.717) is 51.6 Å². The van der Waals surface area contributed by atoms with Gasteiger partial charge in [0, 0.05) is 48.9 Å². The summed E-state index contributed by atoms with van der Waals surface area (Å²) in [5.74, 6) is -0.105. The van der Waals surface area contributed by atoms with E-state index >= 15 is 0 Å². The third kappa shape index (κ3) is 5.28. The summed E-state index contributed by atoms with van der Waals surface area (Å²) in [7, 11) is 3.30. The van der Waals surface area contributed by atoms with Gasteiger partial charge in [0.1, 0.15) is 23.0 Å². The summed E-state index contributed by atoms with van der Waals surface area (Å²) in [6, 6.07) is 14.7. The van der Waals surface area contributed by atoms with Crippen LogP contribution in [-0.4, -0.2) is 42.2 Å². The van der Waals surface area contributed by atoms with Crippen LogP contribution < -0.4 is 21.1 Å². The molecule has 228 valence electrons. The maximum atomic E-state index is 13.8. The molecule has 0 aliphatic carbocycles. The molecule has 3 amide bonds. The topological polar surface area (TPSA) is 157 Å². The molecule has 5 aromatic rings. The van der Waals surface area contributed by atoms with Crippen molar-refractivity contribution < 1.29 is 18.9 Å². The smallest absolute Gasteiger partial charge is 0.290 e. The number of carbonyl (C=O) groups excluding carboxylic acids is 3. The van der Waals surface area contributed by atoms with Crippen LogP contribution in [0.1, 0.15) is 67.9 Å². The molecular formula is C32H30N8O5. The molecule has 45 heavy (non-hydrogen) atoms. The van der Waals surface area contributed by atoms with Gasteiger partial charge in [0.05, 0.1) is 11.6 Å². The van der Waals surface area contributed by atoms with E-state index in [1.165, 1.54) is 4.74 Å². The molecule has 0 spiro atoms. The Morgan fingerprint density at radius 2 is 1.71 bits per heavy atom. The van der Waals surface area contributed by atoms with Gasteiger partial charge in [-0.3, -0.25) is 28.8 Å². The molecule has 0 saturated carbocycles. The van der Waals surface area contributed by atoms with Gasteiger partial charge in [0.25, 0.3) is 23.3 Å². The van der Waals surface area contributed by atoms with Gasteiger partial charge in [0.2, 0.25) is 0 Å². The minimum absolute atomic E-state index is 0.0812. The fourth-order valence-corrected chi connectivity index (χ4v) is 5.62. The number of carbonyl (C=O) groups is 3. The molecule has 13 heteroatoms. The number of benzene rings is 2. The zero-order valence-corrected chi connectivity index (χ0v) is 25.3. The minimum Gasteiger partial charge on any atom is -0.381 e. The molecule has 0 saturated heterocycles. The van der Waals surface area contributed by atoms with Crippen LogP contribution in [0.2, 0.25) is 0 Å². The van der Waals surface area contributed by atoms with Crippen molar-refractivity contribution in [1.29, 1.82) is 0 Å². The van der Waals surface area contributed by atoms with Crippen molar-refractivity contribution in [2.24, 2.45) is 14.1 Å². The molecule has 0 radical (unpaired) electrons. The van der Waals surface area contributed by atoms with Crippen molar-refractivity contribution in [3.8, 4) is 11.1 Å². The third-order valence-corrected chi connectivity index (χ3v) is 7.62. The number of aromatic nitrogens is 5. The summed E-state index contributed by atoms with van der Waals surface area (Å²) in [4.78, 5) is 63.3. The van der Waals surface area contributed by atoms with Crippen molar-refractivity contribution in [2.75, 3.05) is 15.5 Å². The van der Waals surface area contributed by atoms with E-state index in [1.54, 1.807) is 98.3 Å². The number of aryl methyl sites for hydroxylation is 4. The van der Waals surface area contributed by atoms with E-state index in [2.05, 4.69) is 25.7 Å². The van der Waals surface area contributed by atoms with E-state index in [4.69, 9.17) is 4.52 Å². The van der Waals surface area contributed by atoms with Crippen molar-refractivity contribution in [3.63, 3.8) is 0 Å². The Kier molecular flexibility index (Phi) is 7.36. The molecule has 2 aromatic carbocycles. The highest BCUT2D eigenvalue weighted by Gasteiger charge is 2.42. The first-order chi connectivity index (χ1) is 21.5. The monoisotopic (exact) mass is 606 g/mol. The van der Waals surface area contributed by atoms with Gasteiger partial charge in [-0.2, -0.15) is 9.84 Å². The van der Waals surface area contributed by atoms with Gasteiger partial charge in [-0.1, -0.05) is 25.1 Å². The lowest BCUT2D eigenvalue weighted by atomic mass is 10.0. The van der Waals surface area contributed by atoms with Crippen molar-refractivity contribution in [1.82, 2.24) is 24.5 Å². The zero-order chi connectivity index (χ0) is 32.0. The van der Waals surface area contributed by atoms with Gasteiger partial charge in [-0.15, -0.1) is 0 Å². The molecule has 2 N–H and O–H groups in total. The van der Waals surface area contributed by atoms with Crippen LogP contribution in [0, 0.1) is 13.8 Å². The highest BCUT2D eigenvalue weighted by atomic mass is 16.5. The largest absolute Gasteiger partial charge is 0.381 e. The van der Waals surface area contributed by atoms with Crippen LogP contribution >= 0.6 is 0 Å². The fraction of sp³-hybridized carbons (Fsp3) is 0.219. The molecule has 0 fully saturated rings. The first-order valence-corrected chi connectivity index (χ1v) is 14.3. The lowest BCUT2D eigenvalue weighted by Crippen LogP contribution is -2.28. The predicted octanol–water partition coefficient (Wildman–Crippen LogP) is 4.40. The van der Waals surface area contributed by atoms with Crippen molar-refractivity contribution in [2.45, 2.75) is 33.2 Å². The van der Waals surface area contributed by atoms with Crippen LogP contribution in [0.15, 0.2) is 70.1 Å². The van der Waals surface area contributed by atoms with E-state index < -0.39 is 11.9 Å². The Bertz CT molecular complexity index is 2040. The van der Waals surface area contributed by atoms with Gasteiger partial charge in [-0.05, 0) is 56.2 Å². The average Bonchev–Trinajstić information content (AvgIpc) is 3.64. The second-order valence-electron chi connectivity index (χ2n) is 10.7. The Balaban J connectivity index is 1.28. The molecule has 3 aromatic heterocycles. The number of rotatable bonds is 7. The summed E-state index contributed by atoms with van der Waals surface area (Å²) in [6.07, 6.45) is 2.20. The molecule has 1 atom stereocenters. The Morgan fingerprint density at radius 3 is 2.36 bits per heavy atom. The van der Waals surface area contributed by atoms with Crippen LogP contribution in [0.5, 0.6) is 0 Å². The lowest BCUT2D eigenvalue weighted by Gasteiger charge is -2.25. The van der Waals surface area contributed by atoms with Crippen LogP contribution in [-0.2, 0) is 14.1 Å². The number of nitrogens with one attached hydrogen (secondary N) is 2. The number of nitrogens with zero attached hydrogens (tertiary/aromatic N) is 6. The second-order valence-corrected chi connectivity index (χ2v) is 10.7. The first-order valence-electron chi connectivity index (χ1n) is 14.3. The normalized spacial score (nSPS) is 14.0. The molecule has 1 aliphatic heterocycles. The van der Waals surface area contributed by atoms with E-state index in [9.17, 15) is 19.2 Å². The standard InChI is InChI=1S/C32H30N8O5/c1-6-23-26-27(30(42)35-21-9-7-8-20(16-21)29(41)36-24-14-15-38(4)37-24)33-18(3)34-28(26)32(44)40(23)22-12-10-19(11-13-22)25-17(2)45-39(5)31(25)43/h7-16,23H,6H2,1-5H3,(H,35,42)(H,36,37,41). The van der Waals surface area contributed by atoms with E-state index in [0.717, 1.165) is 0 Å². The number of anilines is 3. The number of fused-ring (bicyclic) bond motifs is 1. The van der Waals surface area contributed by atoms with Gasteiger partial charge < -0.3 is 15.2 Å². The highest BCUT2D eigenvalue weighted by molar-refractivity contribution is 6.14. The molecule has 6 rings (SSSR count). The maximum Gasteiger partial charge on any atom is 0.290 e. The fourth-order valence-electron chi connectivity index (χ4n) is 5.62. The zero-order valence-electron chi connectivity index (χ0n) is 25.3. The Labute approximate surface area is 257 Å². The quantitative estimate of drug-likeness (QED) is 0.276. The van der Waals surface area contributed by atoms with Crippen molar-refractivity contribution in [3.05, 3.63) is 105 Å². The Morgan fingerprint density at radius 1 is 0.956 bits per heavy atom. The summed E-state index contributed by atoms with van der Waals surface area (Å²) in [5.41, 5.74) is 2.81. The SMILES string of the molecule is CCC1c2c(C(=O)Nc3cccc(C(=O)Nc4ccn(C)n4)c3)nc(C)nc2C(=O)N1c1ccc(-c2c(C)on(C)c2=O)cc1. The molecular weight excluding hydrogens is 576 g/mol. The Hall–Kier alpha value is -5.85. The lowest BCUT2D eigenvalue weighted by molar-refractivity contribution is 0.0984. The van der Waals surface area contributed by atoms with Crippen LogP contribution in [0.25, 0.3) is 11.1 Å². The predicted molar refractivity (Wildman–Crippen MR) is 166 cm³/mol. The van der Waals surface area contributed by atoms with Crippen LogP contribution in [0.4, 0.5) is 17.2 Å². The number of hydrogen-bond donors (Lipinski definition) is 2. The molecule has 1 aliphatic rings. The maximum absolute atomic E-state index is 13.8. The third-order valence-electron chi connectivity index (χ3n) is 7.62. The number of amides is 3. The minimum atomic E-state index is -0.534. The van der Waals surface area contributed by atoms with Gasteiger partial charge >= 0.3 is 0 Å². The number of hydrogen-bond acceptors (Lipinski definition) is 8. The average molecular weight is 607 g/mol. The van der Waals surface area contributed by atoms with E-state index in [1.807, 2.05) is 6.92 Å². The second kappa shape index (κ2) is 11.3. The van der Waals surface area contributed by atoms with E-state index in [-0.39, 0.29) is 34.6 Å². The van der Waals surface area contributed by atoms with Gasteiger partial charge in [0.15, 0.2) is 5.82 Å². The molecule has 4 heterocycles. The summed E-state index contributed by atoms with van der Waals surface area (Å²) in [6.45, 7) is 5.26. The molecule has 1 unspecified atom stereocenters. The molecule has 0 bridgehead atoms. The first kappa shape index (κ1) is 29.2. The summed E-state index contributed by atoms with van der Waals surface area (Å²) >= 11 is 0. The summed E-state index contributed by atoms with van der Waals surface area (Å²) in [5, 5.41) is 9.71.